The Balaban J connectivity index is 1.98. The molecule has 1 heterocycles. The summed E-state index contributed by atoms with van der Waals surface area (Å²) in [7, 11) is 0. The van der Waals surface area contributed by atoms with E-state index in [1.165, 1.54) is 12.1 Å². The molecule has 0 aliphatic carbocycles. The van der Waals surface area contributed by atoms with Crippen molar-refractivity contribution < 1.29 is 8.78 Å². The van der Waals surface area contributed by atoms with Crippen LogP contribution in [0.1, 0.15) is 19.4 Å². The molecule has 17 heavy (non-hydrogen) atoms. The highest BCUT2D eigenvalue weighted by atomic mass is 19.1. The second-order valence-electron chi connectivity index (χ2n) is 5.27. The second kappa shape index (κ2) is 4.35. The molecule has 0 radical (unpaired) electrons. The monoisotopic (exact) mass is 240 g/mol. The predicted molar refractivity (Wildman–Crippen MR) is 63.4 cm³/mol. The third-order valence-electron chi connectivity index (χ3n) is 3.59. The van der Waals surface area contributed by atoms with Gasteiger partial charge in [-0.05, 0) is 24.1 Å². The summed E-state index contributed by atoms with van der Waals surface area (Å²) < 4.78 is 26.4. The Hall–Kier alpha value is -1.00. The van der Waals surface area contributed by atoms with E-state index in [0.29, 0.717) is 18.0 Å². The molecule has 1 aliphatic rings. The maximum absolute atomic E-state index is 13.4. The number of hydrogen-bond donors (Lipinski definition) is 1. The smallest absolute Gasteiger partial charge is 0.127 e. The van der Waals surface area contributed by atoms with E-state index in [2.05, 4.69) is 13.8 Å². The van der Waals surface area contributed by atoms with Crippen molar-refractivity contribution in [3.8, 4) is 0 Å². The van der Waals surface area contributed by atoms with Crippen LogP contribution < -0.4 is 5.73 Å². The van der Waals surface area contributed by atoms with Crippen molar-refractivity contribution in [2.45, 2.75) is 25.9 Å². The van der Waals surface area contributed by atoms with Crippen molar-refractivity contribution in [2.24, 2.45) is 11.7 Å². The van der Waals surface area contributed by atoms with E-state index < -0.39 is 5.82 Å². The van der Waals surface area contributed by atoms with Gasteiger partial charge in [-0.2, -0.15) is 0 Å². The Kier molecular flexibility index (Phi) is 3.19. The summed E-state index contributed by atoms with van der Waals surface area (Å²) in [6, 6.07) is 3.56. The zero-order valence-corrected chi connectivity index (χ0v) is 10.2. The van der Waals surface area contributed by atoms with Crippen LogP contribution in [0.3, 0.4) is 0 Å². The summed E-state index contributed by atoms with van der Waals surface area (Å²) in [5, 5.41) is 0. The molecular weight excluding hydrogens is 222 g/mol. The minimum atomic E-state index is -0.398. The number of nitrogens with two attached hydrogens (primary N) is 1. The molecule has 0 atom stereocenters. The summed E-state index contributed by atoms with van der Waals surface area (Å²) in [6.07, 6.45) is 0. The number of hydrogen-bond acceptors (Lipinski definition) is 2. The van der Waals surface area contributed by atoms with Crippen LogP contribution in [0.5, 0.6) is 0 Å². The van der Waals surface area contributed by atoms with Gasteiger partial charge in [0.2, 0.25) is 0 Å². The van der Waals surface area contributed by atoms with Crippen LogP contribution in [-0.4, -0.2) is 23.5 Å². The van der Waals surface area contributed by atoms with Crippen LogP contribution in [0.2, 0.25) is 0 Å². The van der Waals surface area contributed by atoms with Crippen molar-refractivity contribution in [1.29, 1.82) is 0 Å². The average Bonchev–Trinajstić information content (AvgIpc) is 2.20. The highest BCUT2D eigenvalue weighted by molar-refractivity contribution is 5.19. The molecule has 1 aliphatic heterocycles. The minimum absolute atomic E-state index is 0.177. The van der Waals surface area contributed by atoms with Crippen LogP contribution in [0.15, 0.2) is 18.2 Å². The highest BCUT2D eigenvalue weighted by Crippen LogP contribution is 2.28. The first kappa shape index (κ1) is 12.5. The predicted octanol–water partition coefficient (Wildman–Crippen LogP) is 2.13. The molecule has 0 amide bonds. The molecule has 0 aromatic heterocycles. The molecule has 1 aromatic carbocycles. The van der Waals surface area contributed by atoms with Gasteiger partial charge in [0.05, 0.1) is 0 Å². The van der Waals surface area contributed by atoms with E-state index in [1.54, 1.807) is 0 Å². The lowest BCUT2D eigenvalue weighted by molar-refractivity contribution is 0.0305. The van der Waals surface area contributed by atoms with Gasteiger partial charge in [0.25, 0.3) is 0 Å². The molecule has 0 saturated carbocycles. The normalized spacial score (nSPS) is 19.4. The first-order chi connectivity index (χ1) is 7.90. The molecule has 1 aromatic rings. The molecule has 1 fully saturated rings. The summed E-state index contributed by atoms with van der Waals surface area (Å²) >= 11 is 0. The topological polar surface area (TPSA) is 29.3 Å². The first-order valence-electron chi connectivity index (χ1n) is 5.86. The van der Waals surface area contributed by atoms with Gasteiger partial charge in [0, 0.05) is 30.7 Å². The second-order valence-corrected chi connectivity index (χ2v) is 5.27. The van der Waals surface area contributed by atoms with E-state index in [4.69, 9.17) is 5.73 Å². The quantitative estimate of drug-likeness (QED) is 0.877. The van der Waals surface area contributed by atoms with Gasteiger partial charge in [0.1, 0.15) is 11.6 Å². The number of nitrogens with zero attached hydrogens (tertiary/aromatic N) is 1. The summed E-state index contributed by atoms with van der Waals surface area (Å²) in [6.45, 7) is 6.07. The summed E-state index contributed by atoms with van der Waals surface area (Å²) in [5.74, 6) is -0.355. The fourth-order valence-electron chi connectivity index (χ4n) is 2.17. The average molecular weight is 240 g/mol. The molecule has 0 bridgehead atoms. The van der Waals surface area contributed by atoms with Crippen molar-refractivity contribution in [2.75, 3.05) is 13.1 Å². The molecular formula is C13H18F2N2. The number of halogens is 2. The van der Waals surface area contributed by atoms with Crippen LogP contribution >= 0.6 is 0 Å². The number of rotatable bonds is 3. The molecule has 0 unspecified atom stereocenters. The lowest BCUT2D eigenvalue weighted by Crippen LogP contribution is -2.69. The van der Waals surface area contributed by atoms with Crippen molar-refractivity contribution in [3.05, 3.63) is 35.4 Å². The Labute approximate surface area is 100 Å². The van der Waals surface area contributed by atoms with Crippen LogP contribution in [0.25, 0.3) is 0 Å². The van der Waals surface area contributed by atoms with Crippen molar-refractivity contribution in [3.63, 3.8) is 0 Å². The summed E-state index contributed by atoms with van der Waals surface area (Å²) in [4.78, 5) is 2.04. The van der Waals surface area contributed by atoms with E-state index >= 15 is 0 Å². The van der Waals surface area contributed by atoms with E-state index in [-0.39, 0.29) is 11.4 Å². The van der Waals surface area contributed by atoms with Crippen LogP contribution in [0.4, 0.5) is 8.78 Å². The molecule has 4 heteroatoms. The van der Waals surface area contributed by atoms with Gasteiger partial charge in [0.15, 0.2) is 0 Å². The van der Waals surface area contributed by atoms with Gasteiger partial charge < -0.3 is 5.73 Å². The van der Waals surface area contributed by atoms with Gasteiger partial charge in [-0.15, -0.1) is 0 Å². The molecule has 2 N–H and O–H groups in total. The molecule has 2 rings (SSSR count). The molecule has 94 valence electrons. The maximum atomic E-state index is 13.4. The largest absolute Gasteiger partial charge is 0.323 e. The first-order valence-corrected chi connectivity index (χ1v) is 5.86. The third kappa shape index (κ3) is 2.48. The van der Waals surface area contributed by atoms with Gasteiger partial charge in [-0.25, -0.2) is 8.78 Å². The van der Waals surface area contributed by atoms with Crippen LogP contribution in [-0.2, 0) is 6.54 Å². The molecule has 0 spiro atoms. The Morgan fingerprint density at radius 1 is 1.35 bits per heavy atom. The fourth-order valence-corrected chi connectivity index (χ4v) is 2.17. The minimum Gasteiger partial charge on any atom is -0.323 e. The SMILES string of the molecule is CC(C)C1(N)CN(Cc2cc(F)ccc2F)C1. The zero-order chi connectivity index (χ0) is 12.6. The van der Waals surface area contributed by atoms with Gasteiger partial charge in [-0.1, -0.05) is 13.8 Å². The summed E-state index contributed by atoms with van der Waals surface area (Å²) in [5.41, 5.74) is 6.37. The van der Waals surface area contributed by atoms with E-state index in [9.17, 15) is 8.78 Å². The van der Waals surface area contributed by atoms with E-state index in [1.807, 2.05) is 4.90 Å². The zero-order valence-electron chi connectivity index (χ0n) is 10.2. The molecule has 1 saturated heterocycles. The maximum Gasteiger partial charge on any atom is 0.127 e. The third-order valence-corrected chi connectivity index (χ3v) is 3.59. The Bertz CT molecular complexity index is 412. The van der Waals surface area contributed by atoms with Gasteiger partial charge >= 0.3 is 0 Å². The van der Waals surface area contributed by atoms with Crippen molar-refractivity contribution in [1.82, 2.24) is 4.90 Å². The lowest BCUT2D eigenvalue weighted by Gasteiger charge is -2.50. The fraction of sp³-hybridized carbons (Fsp3) is 0.538. The Morgan fingerprint density at radius 3 is 2.59 bits per heavy atom. The van der Waals surface area contributed by atoms with Crippen molar-refractivity contribution >= 4 is 0 Å². The lowest BCUT2D eigenvalue weighted by atomic mass is 9.80. The van der Waals surface area contributed by atoms with Crippen LogP contribution in [0, 0.1) is 17.6 Å². The standard InChI is InChI=1S/C13H18F2N2/c1-9(2)13(16)7-17(8-13)6-10-5-11(14)3-4-12(10)15/h3-5,9H,6-8,16H2,1-2H3. The number of likely N-dealkylation sites (tertiary alicyclic amines) is 1. The number of benzene rings is 1. The van der Waals surface area contributed by atoms with Gasteiger partial charge in [-0.3, -0.25) is 4.90 Å². The molecule has 2 nitrogen and oxygen atoms in total. The highest BCUT2D eigenvalue weighted by Gasteiger charge is 2.41. The van der Waals surface area contributed by atoms with E-state index in [0.717, 1.165) is 19.2 Å². The Morgan fingerprint density at radius 2 is 2.00 bits per heavy atom.